The van der Waals surface area contributed by atoms with E-state index in [1.54, 1.807) is 0 Å². The molecule has 3 nitrogen and oxygen atoms in total. The molecule has 3 heteroatoms. The highest BCUT2D eigenvalue weighted by Crippen LogP contribution is 2.08. The van der Waals surface area contributed by atoms with Gasteiger partial charge in [0.05, 0.1) is 0 Å². The van der Waals surface area contributed by atoms with Gasteiger partial charge in [0.25, 0.3) is 0 Å². The van der Waals surface area contributed by atoms with E-state index in [4.69, 9.17) is 0 Å². The molecule has 96 valence electrons. The quantitative estimate of drug-likeness (QED) is 0.612. The van der Waals surface area contributed by atoms with Crippen molar-refractivity contribution in [3.8, 4) is 0 Å². The minimum Gasteiger partial charge on any atom is -0.315 e. The van der Waals surface area contributed by atoms with Gasteiger partial charge in [-0.15, -0.1) is 0 Å². The highest BCUT2D eigenvalue weighted by molar-refractivity contribution is 4.69. The van der Waals surface area contributed by atoms with Crippen LogP contribution in [0.2, 0.25) is 0 Å². The molecule has 1 aliphatic heterocycles. The second kappa shape index (κ2) is 8.97. The summed E-state index contributed by atoms with van der Waals surface area (Å²) in [5, 5.41) is 6.99. The van der Waals surface area contributed by atoms with Crippen LogP contribution < -0.4 is 10.6 Å². The number of hydrogen-bond acceptors (Lipinski definition) is 3. The third kappa shape index (κ3) is 5.83. The first kappa shape index (κ1) is 13.9. The Morgan fingerprint density at radius 1 is 1.25 bits per heavy atom. The molecule has 0 aliphatic carbocycles. The number of rotatable bonds is 8. The molecule has 0 aromatic rings. The molecule has 1 saturated heterocycles. The van der Waals surface area contributed by atoms with E-state index in [0.717, 1.165) is 25.6 Å². The lowest BCUT2D eigenvalue weighted by Crippen LogP contribution is -2.46. The lowest BCUT2D eigenvalue weighted by Gasteiger charge is -2.27. The zero-order chi connectivity index (χ0) is 11.6. The van der Waals surface area contributed by atoms with Gasteiger partial charge < -0.3 is 10.6 Å². The van der Waals surface area contributed by atoms with E-state index >= 15 is 0 Å². The fraction of sp³-hybridized carbons (Fsp3) is 1.00. The average Bonchev–Trinajstić information content (AvgIpc) is 2.34. The summed E-state index contributed by atoms with van der Waals surface area (Å²) in [6.45, 7) is 12.9. The van der Waals surface area contributed by atoms with Gasteiger partial charge in [-0.2, -0.15) is 0 Å². The molecule has 1 rings (SSSR count). The van der Waals surface area contributed by atoms with Gasteiger partial charge in [-0.05, 0) is 18.9 Å². The van der Waals surface area contributed by atoms with Crippen molar-refractivity contribution in [3.63, 3.8) is 0 Å². The van der Waals surface area contributed by atoms with Gasteiger partial charge in [0.2, 0.25) is 0 Å². The molecular formula is C13H29N3. The van der Waals surface area contributed by atoms with Crippen LogP contribution in [-0.2, 0) is 0 Å². The first-order valence-electron chi connectivity index (χ1n) is 7.00. The fourth-order valence-corrected chi connectivity index (χ4v) is 2.34. The number of piperazine rings is 1. The summed E-state index contributed by atoms with van der Waals surface area (Å²) in [5.74, 6) is 0.882. The molecule has 2 N–H and O–H groups in total. The Balaban J connectivity index is 1.97. The summed E-state index contributed by atoms with van der Waals surface area (Å²) >= 11 is 0. The van der Waals surface area contributed by atoms with Crippen LogP contribution in [-0.4, -0.2) is 50.7 Å². The highest BCUT2D eigenvalue weighted by atomic mass is 15.2. The van der Waals surface area contributed by atoms with Crippen LogP contribution in [0.3, 0.4) is 0 Å². The minimum absolute atomic E-state index is 0.882. The third-order valence-corrected chi connectivity index (χ3v) is 3.52. The number of nitrogens with zero attached hydrogens (tertiary/aromatic N) is 1. The van der Waals surface area contributed by atoms with Crippen molar-refractivity contribution >= 4 is 0 Å². The molecule has 0 radical (unpaired) electrons. The predicted octanol–water partition coefficient (Wildman–Crippen LogP) is 1.31. The Bertz CT molecular complexity index is 149. The van der Waals surface area contributed by atoms with E-state index in [1.165, 1.54) is 45.4 Å². The Kier molecular flexibility index (Phi) is 7.81. The van der Waals surface area contributed by atoms with Crippen LogP contribution >= 0.6 is 0 Å². The normalized spacial score (nSPS) is 19.9. The second-order valence-corrected chi connectivity index (χ2v) is 4.86. The molecule has 0 bridgehead atoms. The van der Waals surface area contributed by atoms with E-state index in [1.807, 2.05) is 0 Å². The maximum Gasteiger partial charge on any atom is 0.0108 e. The van der Waals surface area contributed by atoms with Crippen molar-refractivity contribution in [1.29, 1.82) is 0 Å². The van der Waals surface area contributed by atoms with Crippen molar-refractivity contribution in [2.75, 3.05) is 45.8 Å². The van der Waals surface area contributed by atoms with Crippen molar-refractivity contribution in [1.82, 2.24) is 15.5 Å². The summed E-state index contributed by atoms with van der Waals surface area (Å²) in [5.41, 5.74) is 0. The zero-order valence-corrected chi connectivity index (χ0v) is 11.1. The number of hydrogen-bond donors (Lipinski definition) is 2. The van der Waals surface area contributed by atoms with Gasteiger partial charge in [0.15, 0.2) is 0 Å². The molecule has 1 heterocycles. The van der Waals surface area contributed by atoms with Gasteiger partial charge >= 0.3 is 0 Å². The molecule has 1 aliphatic rings. The van der Waals surface area contributed by atoms with Crippen molar-refractivity contribution in [2.24, 2.45) is 5.92 Å². The summed E-state index contributed by atoms with van der Waals surface area (Å²) in [4.78, 5) is 2.55. The monoisotopic (exact) mass is 227 g/mol. The summed E-state index contributed by atoms with van der Waals surface area (Å²) in [7, 11) is 0. The predicted molar refractivity (Wildman–Crippen MR) is 70.9 cm³/mol. The largest absolute Gasteiger partial charge is 0.315 e. The van der Waals surface area contributed by atoms with Crippen LogP contribution in [0, 0.1) is 5.92 Å². The van der Waals surface area contributed by atoms with E-state index in [-0.39, 0.29) is 0 Å². The Hall–Kier alpha value is -0.120. The average molecular weight is 227 g/mol. The molecule has 0 aromatic heterocycles. The topological polar surface area (TPSA) is 27.3 Å². The van der Waals surface area contributed by atoms with Crippen molar-refractivity contribution < 1.29 is 0 Å². The van der Waals surface area contributed by atoms with Crippen LogP contribution in [0.1, 0.15) is 33.1 Å². The zero-order valence-electron chi connectivity index (χ0n) is 11.1. The lowest BCUT2D eigenvalue weighted by molar-refractivity contribution is 0.239. The second-order valence-electron chi connectivity index (χ2n) is 4.86. The molecule has 16 heavy (non-hydrogen) atoms. The standard InChI is InChI=1S/C13H29N3/c1-3-5-13(4-2)12-15-8-11-16-9-6-14-7-10-16/h13-15H,3-12H2,1-2H3. The van der Waals surface area contributed by atoms with Crippen molar-refractivity contribution in [2.45, 2.75) is 33.1 Å². The molecule has 1 fully saturated rings. The summed E-state index contributed by atoms with van der Waals surface area (Å²) in [6.07, 6.45) is 4.00. The van der Waals surface area contributed by atoms with E-state index < -0.39 is 0 Å². The summed E-state index contributed by atoms with van der Waals surface area (Å²) < 4.78 is 0. The SMILES string of the molecule is CCCC(CC)CNCCN1CCNCC1. The summed E-state index contributed by atoms with van der Waals surface area (Å²) in [6, 6.07) is 0. The van der Waals surface area contributed by atoms with Crippen molar-refractivity contribution in [3.05, 3.63) is 0 Å². The first-order valence-corrected chi connectivity index (χ1v) is 7.00. The fourth-order valence-electron chi connectivity index (χ4n) is 2.34. The maximum absolute atomic E-state index is 3.61. The van der Waals surface area contributed by atoms with Gasteiger partial charge in [-0.3, -0.25) is 4.90 Å². The molecule has 0 aromatic carbocycles. The molecule has 1 atom stereocenters. The molecule has 0 spiro atoms. The van der Waals surface area contributed by atoms with E-state index in [2.05, 4.69) is 29.4 Å². The Labute approximate surface area is 101 Å². The van der Waals surface area contributed by atoms with Gasteiger partial charge in [0.1, 0.15) is 0 Å². The Morgan fingerprint density at radius 2 is 2.00 bits per heavy atom. The van der Waals surface area contributed by atoms with Gasteiger partial charge in [0, 0.05) is 39.3 Å². The smallest absolute Gasteiger partial charge is 0.0108 e. The van der Waals surface area contributed by atoms with Crippen LogP contribution in [0.25, 0.3) is 0 Å². The molecule has 0 amide bonds. The van der Waals surface area contributed by atoms with E-state index in [9.17, 15) is 0 Å². The van der Waals surface area contributed by atoms with Gasteiger partial charge in [-0.25, -0.2) is 0 Å². The lowest BCUT2D eigenvalue weighted by atomic mass is 10.0. The highest BCUT2D eigenvalue weighted by Gasteiger charge is 2.09. The van der Waals surface area contributed by atoms with Crippen LogP contribution in [0.4, 0.5) is 0 Å². The van der Waals surface area contributed by atoms with Crippen LogP contribution in [0.15, 0.2) is 0 Å². The van der Waals surface area contributed by atoms with E-state index in [0.29, 0.717) is 0 Å². The Morgan fingerprint density at radius 3 is 2.62 bits per heavy atom. The molecule has 1 unspecified atom stereocenters. The molecular weight excluding hydrogens is 198 g/mol. The first-order chi connectivity index (χ1) is 7.86. The third-order valence-electron chi connectivity index (χ3n) is 3.52. The minimum atomic E-state index is 0.882. The maximum atomic E-state index is 3.61. The van der Waals surface area contributed by atoms with Gasteiger partial charge in [-0.1, -0.05) is 26.7 Å². The van der Waals surface area contributed by atoms with Crippen LogP contribution in [0.5, 0.6) is 0 Å². The molecule has 0 saturated carbocycles. The number of nitrogens with one attached hydrogen (secondary N) is 2.